The highest BCUT2D eigenvalue weighted by atomic mass is 32.1. The first kappa shape index (κ1) is 63.0. The molecule has 4 saturated heterocycles. The quantitative estimate of drug-likeness (QED) is 0.0317. The van der Waals surface area contributed by atoms with E-state index in [4.69, 9.17) is 5.73 Å². The van der Waals surface area contributed by atoms with Crippen molar-refractivity contribution in [3.8, 4) is 11.8 Å². The van der Waals surface area contributed by atoms with Gasteiger partial charge in [0.15, 0.2) is 11.6 Å². The van der Waals surface area contributed by atoms with Crippen molar-refractivity contribution in [1.29, 1.82) is 0 Å². The Hall–Kier alpha value is -7.56. The van der Waals surface area contributed by atoms with Crippen LogP contribution in [0.15, 0.2) is 60.7 Å². The van der Waals surface area contributed by atoms with Crippen molar-refractivity contribution >= 4 is 82.2 Å². The number of alkyl halides is 2. The Morgan fingerprint density at radius 3 is 2.35 bits per heavy atom. The second kappa shape index (κ2) is 26.2. The Morgan fingerprint density at radius 2 is 1.65 bits per heavy atom. The van der Waals surface area contributed by atoms with Crippen LogP contribution < -0.4 is 27.0 Å². The molecule has 0 saturated carbocycles. The average molecular weight is 1230 g/mol. The number of fused-ring (bicyclic) bond motifs is 3. The molecule has 5 aliphatic rings. The summed E-state index contributed by atoms with van der Waals surface area (Å²) in [5.74, 6) is -1.41. The zero-order chi connectivity index (χ0) is 61.9. The molecule has 4 aromatic rings. The van der Waals surface area contributed by atoms with Gasteiger partial charge in [-0.15, -0.1) is 11.3 Å². The van der Waals surface area contributed by atoms with E-state index in [9.17, 15) is 75.1 Å². The first-order valence-electron chi connectivity index (χ1n) is 28.5. The van der Waals surface area contributed by atoms with Crippen LogP contribution in [0.3, 0.4) is 0 Å². The maximum Gasteiger partial charge on any atom is 0.399 e. The Morgan fingerprint density at radius 1 is 0.895 bits per heavy atom. The van der Waals surface area contributed by atoms with Crippen LogP contribution >= 0.6 is 18.9 Å². The minimum absolute atomic E-state index is 0.000411. The lowest BCUT2D eigenvalue weighted by atomic mass is 9.91. The summed E-state index contributed by atoms with van der Waals surface area (Å²) in [6.45, 7) is 4.99. The van der Waals surface area contributed by atoms with Gasteiger partial charge in [0.25, 0.3) is 11.8 Å². The smallest absolute Gasteiger partial charge is 0.370 e. The van der Waals surface area contributed by atoms with Gasteiger partial charge in [-0.25, -0.2) is 8.78 Å². The van der Waals surface area contributed by atoms with Crippen LogP contribution in [-0.4, -0.2) is 151 Å². The van der Waals surface area contributed by atoms with E-state index in [1.54, 1.807) is 23.1 Å². The van der Waals surface area contributed by atoms with E-state index in [0.717, 1.165) is 35.6 Å². The largest absolute Gasteiger partial charge is 0.399 e. The SMILES string of the molecule is CC(C)N1CC[C@H]2CC[C@@H](C(=O)NC(CCC(N)=O)C(=O)NC(Cc3ccc(F)c(F)c3)C(=O)N3CCC(CCC#Cc4cccc5c4CN(C4CCC(=O)NC4=O)C5=O)CC3)N2C(=O)[C@@H](NC(=O)c2cc3cc(C(F)(F)P(=O)(O)O)ccc3s2)C1. The number of primary amides is 1. The number of carbonyl (C=O) groups excluding carboxylic acids is 9. The average Bonchev–Trinajstić information content (AvgIpc) is 1.98. The fourth-order valence-corrected chi connectivity index (χ4v) is 13.4. The van der Waals surface area contributed by atoms with Gasteiger partial charge >= 0.3 is 13.3 Å². The summed E-state index contributed by atoms with van der Waals surface area (Å²) in [5, 5.41) is 10.6. The Kier molecular flexibility index (Phi) is 19.2. The summed E-state index contributed by atoms with van der Waals surface area (Å²) in [5.41, 5.74) is 2.05. The highest BCUT2D eigenvalue weighted by molar-refractivity contribution is 7.52. The molecule has 21 nitrogen and oxygen atoms in total. The summed E-state index contributed by atoms with van der Waals surface area (Å²) in [6.07, 6.45) is 2.54. The number of thiophene rings is 1. The number of nitrogens with one attached hydrogen (secondary N) is 4. The molecule has 0 aliphatic carbocycles. The molecule has 1 aromatic heterocycles. The number of hydrogen-bond acceptors (Lipinski definition) is 12. The molecule has 3 unspecified atom stereocenters. The molecular weight excluding hydrogens is 1170 g/mol. The number of imide groups is 1. The zero-order valence-corrected chi connectivity index (χ0v) is 48.8. The number of halogens is 4. The van der Waals surface area contributed by atoms with Crippen LogP contribution in [0.5, 0.6) is 0 Å². The number of nitrogens with two attached hydrogens (primary N) is 1. The van der Waals surface area contributed by atoms with E-state index < -0.39 is 114 Å². The van der Waals surface area contributed by atoms with Gasteiger partial charge in [-0.05, 0) is 130 Å². The fourth-order valence-electron chi connectivity index (χ4n) is 12.0. The van der Waals surface area contributed by atoms with E-state index in [2.05, 4.69) is 33.1 Å². The molecule has 86 heavy (non-hydrogen) atoms. The summed E-state index contributed by atoms with van der Waals surface area (Å²) in [4.78, 5) is 147. The number of amides is 9. The monoisotopic (exact) mass is 1230 g/mol. The molecule has 27 heteroatoms. The molecule has 9 amide bonds. The second-order valence-electron chi connectivity index (χ2n) is 22.8. The van der Waals surface area contributed by atoms with Crippen LogP contribution in [0, 0.1) is 29.4 Å². The molecule has 5 aliphatic heterocycles. The predicted octanol–water partition coefficient (Wildman–Crippen LogP) is 4.29. The molecule has 9 rings (SSSR count). The molecule has 6 atom stereocenters. The van der Waals surface area contributed by atoms with Gasteiger partial charge < -0.3 is 46.2 Å². The van der Waals surface area contributed by atoms with Gasteiger partial charge in [0.2, 0.25) is 41.4 Å². The van der Waals surface area contributed by atoms with Crippen molar-refractivity contribution in [2.45, 2.75) is 145 Å². The Bertz CT molecular complexity index is 3490. The number of carbonyl (C=O) groups is 9. The van der Waals surface area contributed by atoms with Gasteiger partial charge in [-0.3, -0.25) is 57.9 Å². The van der Waals surface area contributed by atoms with E-state index in [1.807, 2.05) is 18.7 Å². The maximum atomic E-state index is 14.8. The maximum absolute atomic E-state index is 14.8. The van der Waals surface area contributed by atoms with Crippen LogP contribution in [0.1, 0.15) is 127 Å². The lowest BCUT2D eigenvalue weighted by molar-refractivity contribution is -0.144. The summed E-state index contributed by atoms with van der Waals surface area (Å²) >= 11 is 0.898. The van der Waals surface area contributed by atoms with Gasteiger partial charge in [0, 0.05) is 91.9 Å². The first-order valence-corrected chi connectivity index (χ1v) is 30.9. The number of nitrogens with zero attached hydrogens (tertiary/aromatic N) is 4. The van der Waals surface area contributed by atoms with Crippen LogP contribution in [0.25, 0.3) is 10.1 Å². The third-order valence-electron chi connectivity index (χ3n) is 16.8. The molecule has 0 bridgehead atoms. The lowest BCUT2D eigenvalue weighted by Gasteiger charge is -2.40. The summed E-state index contributed by atoms with van der Waals surface area (Å²) in [6, 6.07) is 5.80. The summed E-state index contributed by atoms with van der Waals surface area (Å²) in [7, 11) is -5.90. The highest BCUT2D eigenvalue weighted by Gasteiger charge is 2.51. The van der Waals surface area contributed by atoms with E-state index in [-0.39, 0.29) is 97.9 Å². The van der Waals surface area contributed by atoms with Crippen molar-refractivity contribution < 1.29 is 75.1 Å². The Balaban J connectivity index is 0.861. The van der Waals surface area contributed by atoms with Crippen LogP contribution in [0.2, 0.25) is 0 Å². The van der Waals surface area contributed by atoms with Gasteiger partial charge in [0.05, 0.1) is 4.88 Å². The third-order valence-corrected chi connectivity index (χ3v) is 18.9. The normalized spacial score (nSPS) is 21.2. The first-order chi connectivity index (χ1) is 40.8. The van der Waals surface area contributed by atoms with Crippen LogP contribution in [0.4, 0.5) is 17.6 Å². The minimum Gasteiger partial charge on any atom is -0.370 e. The Labute approximate surface area is 496 Å². The standard InChI is InChI=1S/C59H66F4N9O12PS/c1-32(2)70-25-22-38-12-15-47(72(38)58(81)45(31-70)67-55(78)49-29-36-28-37(11-17-48(36)86-49)59(62,63)85(82,83)84)54(77)65-43(14-18-50(64)73)52(75)66-44(27-34-10-13-41(60)42(61)26-34)57(80)69-23-20-33(21-24-69)6-3-4-7-35-8-5-9-39-40(35)30-71(56(39)79)46-16-19-51(74)68-53(46)76/h5,8-11,13,17,26,28-29,32-33,38,43-47H,3,6,12,14-16,18-25,27,30-31H2,1-2H3,(H2,64,73)(H,65,77)(H,66,75)(H,67,78)(H,68,74,76)(H2,82,83,84)/t38-,43?,44?,45+,46?,47+/m1/s1. The fraction of sp³-hybridized carbons (Fsp3) is 0.475. The zero-order valence-electron chi connectivity index (χ0n) is 47.1. The number of piperidine rings is 2. The van der Waals surface area contributed by atoms with Crippen molar-refractivity contribution in [2.24, 2.45) is 11.7 Å². The molecule has 0 radical (unpaired) electrons. The molecule has 3 aromatic carbocycles. The van der Waals surface area contributed by atoms with Crippen molar-refractivity contribution in [3.05, 3.63) is 105 Å². The summed E-state index contributed by atoms with van der Waals surface area (Å²) < 4.78 is 70.0. The molecular formula is C59H66F4N9O12PS. The van der Waals surface area contributed by atoms with Crippen molar-refractivity contribution in [3.63, 3.8) is 0 Å². The molecule has 458 valence electrons. The number of hydrogen-bond donors (Lipinski definition) is 7. The van der Waals surface area contributed by atoms with E-state index in [0.29, 0.717) is 66.5 Å². The van der Waals surface area contributed by atoms with Gasteiger partial charge in [-0.1, -0.05) is 30.0 Å². The highest BCUT2D eigenvalue weighted by Crippen LogP contribution is 2.59. The molecule has 8 N–H and O–H groups in total. The lowest BCUT2D eigenvalue weighted by Crippen LogP contribution is -2.62. The topological polar surface area (TPSA) is 298 Å². The molecule has 4 fully saturated rings. The second-order valence-corrected chi connectivity index (χ2v) is 25.5. The number of rotatable bonds is 18. The van der Waals surface area contributed by atoms with Gasteiger partial charge in [0.1, 0.15) is 30.2 Å². The van der Waals surface area contributed by atoms with Crippen LogP contribution in [-0.2, 0) is 56.8 Å². The van der Waals surface area contributed by atoms with Crippen molar-refractivity contribution in [2.75, 3.05) is 26.2 Å². The van der Waals surface area contributed by atoms with Crippen molar-refractivity contribution in [1.82, 2.24) is 40.9 Å². The van der Waals surface area contributed by atoms with E-state index >= 15 is 0 Å². The van der Waals surface area contributed by atoms with E-state index in [1.165, 1.54) is 28.0 Å². The third kappa shape index (κ3) is 14.0. The minimum atomic E-state index is -5.90. The number of benzene rings is 3. The van der Waals surface area contributed by atoms with Gasteiger partial charge in [-0.2, -0.15) is 8.78 Å². The number of likely N-dealkylation sites (tertiary alicyclic amines) is 1. The molecule has 6 heterocycles. The predicted molar refractivity (Wildman–Crippen MR) is 304 cm³/mol. The molecule has 0 spiro atoms.